The molecule has 0 atom stereocenters. The van der Waals surface area contributed by atoms with Crippen molar-refractivity contribution in [2.24, 2.45) is 13.0 Å². The van der Waals surface area contributed by atoms with Crippen molar-refractivity contribution in [3.8, 4) is 11.3 Å². The molecule has 0 spiro atoms. The zero-order valence-electron chi connectivity index (χ0n) is 21.8. The summed E-state index contributed by atoms with van der Waals surface area (Å²) in [5, 5.41) is 6.73. The minimum atomic E-state index is -0.462. The van der Waals surface area contributed by atoms with Gasteiger partial charge < -0.3 is 25.0 Å². The number of hydrogen-bond acceptors (Lipinski definition) is 6. The number of pyridine rings is 1. The van der Waals surface area contributed by atoms with Gasteiger partial charge in [0.1, 0.15) is 10.3 Å². The molecule has 2 N–H and O–H groups in total. The fraction of sp³-hybridized carbons (Fsp3) is 0.370. The molecule has 1 aromatic carbocycles. The number of anilines is 1. The highest BCUT2D eigenvalue weighted by molar-refractivity contribution is 6.34. The molecule has 2 aliphatic heterocycles. The van der Waals surface area contributed by atoms with E-state index in [0.717, 1.165) is 25.9 Å². The van der Waals surface area contributed by atoms with E-state index in [1.54, 1.807) is 40.8 Å². The predicted octanol–water partition coefficient (Wildman–Crippen LogP) is 3.98. The SMILES string of the molecule is Cn1c(-c2ccc(Cl)nc2Cl)cnc1C(=O)Nc1ccc(C(=O)N2CCN(C(=O)C3CCNCC3)CC2)c(Cl)c1. The number of aromatic nitrogens is 3. The summed E-state index contributed by atoms with van der Waals surface area (Å²) in [6.45, 7) is 3.62. The van der Waals surface area contributed by atoms with Gasteiger partial charge >= 0.3 is 0 Å². The zero-order valence-corrected chi connectivity index (χ0v) is 24.1. The first-order valence-corrected chi connectivity index (χ1v) is 14.1. The van der Waals surface area contributed by atoms with E-state index >= 15 is 0 Å². The number of amides is 3. The molecule has 4 heterocycles. The van der Waals surface area contributed by atoms with E-state index in [2.05, 4.69) is 20.6 Å². The highest BCUT2D eigenvalue weighted by Gasteiger charge is 2.30. The maximum atomic E-state index is 13.2. The van der Waals surface area contributed by atoms with E-state index in [4.69, 9.17) is 34.8 Å². The molecule has 2 saturated heterocycles. The quantitative estimate of drug-likeness (QED) is 0.426. The number of nitrogens with one attached hydrogen (secondary N) is 2. The van der Waals surface area contributed by atoms with Gasteiger partial charge in [-0.3, -0.25) is 14.4 Å². The standard InChI is InChI=1S/C27H28Cl3N7O3/c1-35-21(19-4-5-22(29)34-23(19)30)15-32-24(35)25(38)33-17-2-3-18(20(28)14-17)27(40)37-12-10-36(11-13-37)26(39)16-6-8-31-9-7-16/h2-5,14-16,31H,6-13H2,1H3,(H,33,38). The van der Waals surface area contributed by atoms with Crippen LogP contribution in [0.2, 0.25) is 15.3 Å². The second-order valence-corrected chi connectivity index (χ2v) is 10.9. The first kappa shape index (κ1) is 28.4. The fourth-order valence-electron chi connectivity index (χ4n) is 5.05. The van der Waals surface area contributed by atoms with Gasteiger partial charge in [0.05, 0.1) is 22.5 Å². The second-order valence-electron chi connectivity index (χ2n) is 9.79. The molecule has 0 aliphatic carbocycles. The van der Waals surface area contributed by atoms with Crippen molar-refractivity contribution >= 4 is 58.2 Å². The largest absolute Gasteiger partial charge is 0.339 e. The monoisotopic (exact) mass is 603 g/mol. The molecule has 210 valence electrons. The molecule has 2 aromatic heterocycles. The van der Waals surface area contributed by atoms with Crippen LogP contribution >= 0.6 is 34.8 Å². The van der Waals surface area contributed by atoms with Gasteiger partial charge in [0, 0.05) is 50.4 Å². The topological polar surface area (TPSA) is 112 Å². The summed E-state index contributed by atoms with van der Waals surface area (Å²) in [7, 11) is 1.69. The lowest BCUT2D eigenvalue weighted by Crippen LogP contribution is -2.52. The Kier molecular flexibility index (Phi) is 8.60. The van der Waals surface area contributed by atoms with Gasteiger partial charge in [-0.15, -0.1) is 0 Å². The fourth-order valence-corrected chi connectivity index (χ4v) is 5.76. The lowest BCUT2D eigenvalue weighted by atomic mass is 9.96. The first-order chi connectivity index (χ1) is 19.2. The average Bonchev–Trinajstić information content (AvgIpc) is 3.34. The molecule has 0 bridgehead atoms. The van der Waals surface area contributed by atoms with Gasteiger partial charge in [-0.05, 0) is 56.3 Å². The van der Waals surface area contributed by atoms with Crippen molar-refractivity contribution in [2.75, 3.05) is 44.6 Å². The maximum absolute atomic E-state index is 13.2. The number of imidazole rings is 1. The van der Waals surface area contributed by atoms with Crippen molar-refractivity contribution < 1.29 is 14.4 Å². The van der Waals surface area contributed by atoms with Crippen LogP contribution in [0, 0.1) is 5.92 Å². The number of benzene rings is 1. The molecule has 13 heteroatoms. The van der Waals surface area contributed by atoms with Gasteiger partial charge in [-0.1, -0.05) is 34.8 Å². The number of halogens is 3. The summed E-state index contributed by atoms with van der Waals surface area (Å²) in [6, 6.07) is 8.06. The highest BCUT2D eigenvalue weighted by atomic mass is 35.5. The third-order valence-corrected chi connectivity index (χ3v) is 8.12. The molecule has 0 radical (unpaired) electrons. The number of carbonyl (C=O) groups excluding carboxylic acids is 3. The van der Waals surface area contributed by atoms with E-state index < -0.39 is 5.91 Å². The maximum Gasteiger partial charge on any atom is 0.291 e. The average molecular weight is 605 g/mol. The molecule has 2 fully saturated rings. The summed E-state index contributed by atoms with van der Waals surface area (Å²) in [4.78, 5) is 50.8. The van der Waals surface area contributed by atoms with E-state index in [-0.39, 0.29) is 38.9 Å². The van der Waals surface area contributed by atoms with Gasteiger partial charge in [0.2, 0.25) is 5.91 Å². The Morgan fingerprint density at radius 1 is 0.975 bits per heavy atom. The van der Waals surface area contributed by atoms with Crippen molar-refractivity contribution in [2.45, 2.75) is 12.8 Å². The molecule has 40 heavy (non-hydrogen) atoms. The molecule has 0 saturated carbocycles. The van der Waals surface area contributed by atoms with E-state index in [1.165, 1.54) is 12.3 Å². The van der Waals surface area contributed by atoms with Gasteiger partial charge in [0.25, 0.3) is 11.8 Å². The summed E-state index contributed by atoms with van der Waals surface area (Å²) in [5.41, 5.74) is 1.93. The summed E-state index contributed by atoms with van der Waals surface area (Å²) in [5.74, 6) is -0.283. The van der Waals surface area contributed by atoms with Crippen LogP contribution in [-0.4, -0.2) is 81.3 Å². The lowest BCUT2D eigenvalue weighted by molar-refractivity contribution is -0.137. The molecule has 0 unspecified atom stereocenters. The van der Waals surface area contributed by atoms with E-state index in [0.29, 0.717) is 48.7 Å². The van der Waals surface area contributed by atoms with Crippen LogP contribution in [0.5, 0.6) is 0 Å². The van der Waals surface area contributed by atoms with Crippen LogP contribution in [0.1, 0.15) is 33.8 Å². The van der Waals surface area contributed by atoms with Crippen LogP contribution in [0.25, 0.3) is 11.3 Å². The van der Waals surface area contributed by atoms with Gasteiger partial charge in [-0.2, -0.15) is 0 Å². The molecular formula is C27H28Cl3N7O3. The van der Waals surface area contributed by atoms with Crippen LogP contribution in [0.3, 0.4) is 0 Å². The Bertz CT molecular complexity index is 1450. The van der Waals surface area contributed by atoms with Crippen LogP contribution in [0.4, 0.5) is 5.69 Å². The van der Waals surface area contributed by atoms with Crippen LogP contribution in [0.15, 0.2) is 36.5 Å². The highest BCUT2D eigenvalue weighted by Crippen LogP contribution is 2.29. The van der Waals surface area contributed by atoms with Gasteiger partial charge in [-0.25, -0.2) is 9.97 Å². The summed E-state index contributed by atoms with van der Waals surface area (Å²) < 4.78 is 1.60. The number of carbonyl (C=O) groups is 3. The van der Waals surface area contributed by atoms with E-state index in [9.17, 15) is 14.4 Å². The number of piperazine rings is 1. The Morgan fingerprint density at radius 3 is 2.35 bits per heavy atom. The van der Waals surface area contributed by atoms with Crippen molar-refractivity contribution in [1.82, 2.24) is 29.7 Å². The van der Waals surface area contributed by atoms with Crippen molar-refractivity contribution in [3.05, 3.63) is 63.2 Å². The van der Waals surface area contributed by atoms with Crippen LogP contribution in [-0.2, 0) is 11.8 Å². The number of nitrogens with zero attached hydrogens (tertiary/aromatic N) is 5. The normalized spacial score (nSPS) is 16.2. The van der Waals surface area contributed by atoms with E-state index in [1.807, 2.05) is 4.90 Å². The molecule has 5 rings (SSSR count). The molecule has 10 nitrogen and oxygen atoms in total. The van der Waals surface area contributed by atoms with Crippen molar-refractivity contribution in [3.63, 3.8) is 0 Å². The predicted molar refractivity (Wildman–Crippen MR) is 154 cm³/mol. The molecule has 2 aliphatic rings. The Labute approximate surface area is 246 Å². The summed E-state index contributed by atoms with van der Waals surface area (Å²) >= 11 is 18.6. The smallest absolute Gasteiger partial charge is 0.291 e. The second kappa shape index (κ2) is 12.1. The zero-order chi connectivity index (χ0) is 28.4. The summed E-state index contributed by atoms with van der Waals surface area (Å²) in [6.07, 6.45) is 3.23. The minimum absolute atomic E-state index is 0.0605. The van der Waals surface area contributed by atoms with Gasteiger partial charge in [0.15, 0.2) is 5.82 Å². The molecular weight excluding hydrogens is 577 g/mol. The molecule has 3 amide bonds. The third-order valence-electron chi connectivity index (χ3n) is 7.31. The van der Waals surface area contributed by atoms with Crippen LogP contribution < -0.4 is 10.6 Å². The Hall–Kier alpha value is -3.18. The number of piperidine rings is 1. The molecule has 3 aromatic rings. The number of rotatable bonds is 5. The first-order valence-electron chi connectivity index (χ1n) is 13.0. The number of hydrogen-bond donors (Lipinski definition) is 2. The lowest BCUT2D eigenvalue weighted by Gasteiger charge is -2.37. The Morgan fingerprint density at radius 2 is 1.68 bits per heavy atom. The van der Waals surface area contributed by atoms with Crippen molar-refractivity contribution in [1.29, 1.82) is 0 Å². The third kappa shape index (κ3) is 5.95. The minimum Gasteiger partial charge on any atom is -0.339 e. The Balaban J connectivity index is 1.21.